The lowest BCUT2D eigenvalue weighted by Gasteiger charge is -2.15. The van der Waals surface area contributed by atoms with Crippen molar-refractivity contribution in [2.75, 3.05) is 42.7 Å². The molecule has 0 unspecified atom stereocenters. The number of carbonyl (C=O) groups is 4. The number of benzene rings is 2. The molecule has 18 nitrogen and oxygen atoms in total. The van der Waals surface area contributed by atoms with Gasteiger partial charge in [0.15, 0.2) is 11.2 Å². The van der Waals surface area contributed by atoms with E-state index in [0.29, 0.717) is 56.5 Å². The summed E-state index contributed by atoms with van der Waals surface area (Å²) in [6, 6.07) is 9.12. The molecule has 57 heavy (non-hydrogen) atoms. The molecule has 0 bridgehead atoms. The van der Waals surface area contributed by atoms with Crippen LogP contribution < -0.4 is 33.0 Å². The maximum absolute atomic E-state index is 13.1. The van der Waals surface area contributed by atoms with Crippen LogP contribution in [0.5, 0.6) is 0 Å². The lowest BCUT2D eigenvalue weighted by molar-refractivity contribution is -0.138. The zero-order chi connectivity index (χ0) is 42.0. The van der Waals surface area contributed by atoms with Gasteiger partial charge >= 0.3 is 20.7 Å². The number of hydrogen-bond donors (Lipinski definition) is 7. The number of H-pyrrole nitrogens is 1. The number of alkyl halides is 3. The van der Waals surface area contributed by atoms with Crippen molar-refractivity contribution in [2.45, 2.75) is 58.7 Å². The van der Waals surface area contributed by atoms with Crippen molar-refractivity contribution < 1.29 is 51.0 Å². The van der Waals surface area contributed by atoms with E-state index in [-0.39, 0.29) is 54.2 Å². The summed E-state index contributed by atoms with van der Waals surface area (Å²) in [6.45, 7) is 5.47. The molecule has 308 valence electrons. The number of hydrogen-bond acceptors (Lipinski definition) is 13. The van der Waals surface area contributed by atoms with Crippen LogP contribution in [0.1, 0.15) is 77.9 Å². The number of aliphatic carboxylic acids is 1. The van der Waals surface area contributed by atoms with Gasteiger partial charge in [-0.2, -0.15) is 18.2 Å². The van der Waals surface area contributed by atoms with E-state index < -0.39 is 49.6 Å². The number of primary amides is 1. The van der Waals surface area contributed by atoms with Crippen LogP contribution in [-0.2, 0) is 35.9 Å². The second-order valence-electron chi connectivity index (χ2n) is 11.7. The van der Waals surface area contributed by atoms with Crippen LogP contribution in [0.3, 0.4) is 0 Å². The van der Waals surface area contributed by atoms with Crippen molar-refractivity contribution in [3.8, 4) is 0 Å². The summed E-state index contributed by atoms with van der Waals surface area (Å²) < 4.78 is 55.4. The highest BCUT2D eigenvalue weighted by Crippen LogP contribution is 2.39. The topological polar surface area (TPSA) is 276 Å². The van der Waals surface area contributed by atoms with Crippen LogP contribution in [0.15, 0.2) is 53.5 Å². The Morgan fingerprint density at radius 3 is 2.28 bits per heavy atom. The molecule has 0 spiro atoms. The SMILES string of the molecule is CCOP(OCC)OCCCCNC(=O)c1ccc(C(F)(F)F)cc1NC(=O)CCCC(=O)O.NC(=O)c1ccc(NCc2cnc3nc(N)[nH]c(=O)c3n2)cc1. The molecule has 0 aliphatic rings. The van der Waals surface area contributed by atoms with Crippen molar-refractivity contribution in [1.29, 1.82) is 0 Å². The van der Waals surface area contributed by atoms with Crippen LogP contribution in [0.4, 0.5) is 30.5 Å². The highest BCUT2D eigenvalue weighted by molar-refractivity contribution is 7.41. The van der Waals surface area contributed by atoms with Crippen molar-refractivity contribution in [3.05, 3.63) is 81.4 Å². The van der Waals surface area contributed by atoms with E-state index >= 15 is 0 Å². The number of aromatic amines is 1. The molecule has 22 heteroatoms. The molecule has 9 N–H and O–H groups in total. The highest BCUT2D eigenvalue weighted by Gasteiger charge is 2.32. The van der Waals surface area contributed by atoms with Gasteiger partial charge in [0.05, 0.1) is 55.1 Å². The predicted octanol–water partition coefficient (Wildman–Crippen LogP) is 4.73. The molecule has 2 aromatic carbocycles. The summed E-state index contributed by atoms with van der Waals surface area (Å²) in [7, 11) is -1.42. The van der Waals surface area contributed by atoms with Gasteiger partial charge in [0.25, 0.3) is 11.5 Å². The Bertz CT molecular complexity index is 2030. The van der Waals surface area contributed by atoms with E-state index in [9.17, 15) is 37.1 Å². The number of carboxylic acid groups (broad SMARTS) is 1. The molecule has 2 heterocycles. The summed E-state index contributed by atoms with van der Waals surface area (Å²) in [5, 5.41) is 16.6. The number of nitrogens with one attached hydrogen (secondary N) is 4. The maximum atomic E-state index is 13.1. The average Bonchev–Trinajstić information content (AvgIpc) is 3.15. The Morgan fingerprint density at radius 2 is 1.65 bits per heavy atom. The molecule has 2 aromatic heterocycles. The fraction of sp³-hybridized carbons (Fsp3) is 0.371. The van der Waals surface area contributed by atoms with Gasteiger partial charge in [-0.3, -0.25) is 29.0 Å². The van der Waals surface area contributed by atoms with E-state index in [1.54, 1.807) is 24.3 Å². The Kier molecular flexibility index (Phi) is 18.2. The van der Waals surface area contributed by atoms with Crippen LogP contribution in [-0.4, -0.2) is 75.1 Å². The van der Waals surface area contributed by atoms with Gasteiger partial charge in [-0.05, 0) is 75.6 Å². The first-order valence-electron chi connectivity index (χ1n) is 17.5. The summed E-state index contributed by atoms with van der Waals surface area (Å²) in [6.07, 6.45) is -2.50. The zero-order valence-electron chi connectivity index (χ0n) is 31.0. The summed E-state index contributed by atoms with van der Waals surface area (Å²) >= 11 is 0. The highest BCUT2D eigenvalue weighted by atomic mass is 31.2. The quantitative estimate of drug-likeness (QED) is 0.0469. The number of fused-ring (bicyclic) bond motifs is 1. The first-order chi connectivity index (χ1) is 27.1. The number of aromatic nitrogens is 4. The molecule has 3 amide bonds. The number of nitrogen functional groups attached to an aromatic ring is 1. The van der Waals surface area contributed by atoms with Gasteiger partial charge < -0.3 is 46.1 Å². The van der Waals surface area contributed by atoms with E-state index in [0.717, 1.165) is 17.8 Å². The normalized spacial score (nSPS) is 11.1. The van der Waals surface area contributed by atoms with Gasteiger partial charge in [0.1, 0.15) is 0 Å². The number of amides is 3. The van der Waals surface area contributed by atoms with E-state index in [2.05, 4.69) is 35.9 Å². The number of unbranched alkanes of at least 4 members (excludes halogenated alkanes) is 1. The number of carboxylic acids is 1. The molecular formula is C35H43F3N9O9P. The lowest BCUT2D eigenvalue weighted by Crippen LogP contribution is -2.26. The van der Waals surface area contributed by atoms with E-state index in [1.165, 1.54) is 6.20 Å². The molecule has 4 aromatic rings. The lowest BCUT2D eigenvalue weighted by atomic mass is 10.1. The number of carbonyl (C=O) groups excluding carboxylic acids is 3. The molecule has 0 aliphatic heterocycles. The van der Waals surface area contributed by atoms with Crippen LogP contribution in [0.25, 0.3) is 11.2 Å². The first-order valence-corrected chi connectivity index (χ1v) is 18.6. The molecule has 0 aliphatic carbocycles. The number of halogens is 3. The third kappa shape index (κ3) is 15.7. The largest absolute Gasteiger partial charge is 0.481 e. The number of nitrogens with two attached hydrogens (primary N) is 2. The Hall–Kier alpha value is -5.76. The maximum Gasteiger partial charge on any atom is 0.416 e. The summed E-state index contributed by atoms with van der Waals surface area (Å²) in [5.74, 6) is -2.92. The van der Waals surface area contributed by atoms with Crippen molar-refractivity contribution in [2.24, 2.45) is 5.73 Å². The zero-order valence-corrected chi connectivity index (χ0v) is 31.9. The van der Waals surface area contributed by atoms with Crippen molar-refractivity contribution >= 4 is 60.8 Å². The van der Waals surface area contributed by atoms with Crippen molar-refractivity contribution in [1.82, 2.24) is 25.3 Å². The standard InChI is InChI=1S/C21H30F3N2O7P.C14H13N7O2/c1-3-31-34(32-4-2)33-13-6-5-12-25-20(30)16-11-10-15(21(22,23)24)14-17(16)26-18(27)8-7-9-19(28)29;15-11(22)7-1-3-8(4-2-7)17-5-9-6-18-12-10(19-9)13(23)21-14(16)20-12/h10-11,14H,3-9,12-13H2,1-2H3,(H,25,30)(H,26,27)(H,28,29);1-4,6,17H,5H2,(H2,15,22)(H3,16,18,20,21,23). The molecule has 0 saturated heterocycles. The third-order valence-electron chi connectivity index (χ3n) is 7.31. The average molecular weight is 822 g/mol. The van der Waals surface area contributed by atoms with Crippen LogP contribution in [0, 0.1) is 0 Å². The Labute approximate surface area is 325 Å². The number of rotatable bonds is 20. The smallest absolute Gasteiger partial charge is 0.416 e. The predicted molar refractivity (Wildman–Crippen MR) is 204 cm³/mol. The second kappa shape index (κ2) is 22.7. The molecule has 0 fully saturated rings. The molecule has 0 saturated carbocycles. The van der Waals surface area contributed by atoms with Gasteiger partial charge in [-0.25, -0.2) is 9.97 Å². The minimum atomic E-state index is -4.67. The van der Waals surface area contributed by atoms with Crippen molar-refractivity contribution in [3.63, 3.8) is 0 Å². The molecule has 0 atom stereocenters. The monoisotopic (exact) mass is 821 g/mol. The fourth-order valence-corrected chi connectivity index (χ4v) is 5.55. The third-order valence-corrected chi connectivity index (χ3v) is 8.64. The minimum absolute atomic E-state index is 0.00258. The van der Waals surface area contributed by atoms with Gasteiger partial charge in [0.2, 0.25) is 17.8 Å². The molecule has 4 rings (SSSR count). The first kappa shape index (κ1) is 45.6. The second-order valence-corrected chi connectivity index (χ2v) is 12.9. The van der Waals surface area contributed by atoms with Crippen LogP contribution >= 0.6 is 8.60 Å². The van der Waals surface area contributed by atoms with Crippen LogP contribution in [0.2, 0.25) is 0 Å². The van der Waals surface area contributed by atoms with E-state index in [4.69, 9.17) is 30.1 Å². The molecular weight excluding hydrogens is 778 g/mol. The van der Waals surface area contributed by atoms with E-state index in [1.807, 2.05) is 13.8 Å². The fourth-order valence-electron chi connectivity index (χ4n) is 4.62. The number of anilines is 3. The van der Waals surface area contributed by atoms with Gasteiger partial charge in [-0.1, -0.05) is 0 Å². The molecule has 0 radical (unpaired) electrons. The van der Waals surface area contributed by atoms with Gasteiger partial charge in [-0.15, -0.1) is 0 Å². The summed E-state index contributed by atoms with van der Waals surface area (Å²) in [5.41, 5.74) is 10.8. The minimum Gasteiger partial charge on any atom is -0.481 e. The number of nitrogens with zero attached hydrogens (tertiary/aromatic N) is 3. The van der Waals surface area contributed by atoms with Gasteiger partial charge in [0, 0.05) is 30.6 Å². The Morgan fingerprint density at radius 1 is 0.947 bits per heavy atom. The Balaban J connectivity index is 0.000000326. The summed E-state index contributed by atoms with van der Waals surface area (Å²) in [4.78, 5) is 72.5.